The molecule has 2 N–H and O–H groups in total. The molecule has 1 aromatic rings. The van der Waals surface area contributed by atoms with Gasteiger partial charge in [-0.15, -0.1) is 24.0 Å². The normalized spacial score (nSPS) is 32.1. The lowest BCUT2D eigenvalue weighted by Gasteiger charge is -2.63. The second-order valence-electron chi connectivity index (χ2n) is 8.77. The number of guanidine groups is 1. The highest BCUT2D eigenvalue weighted by molar-refractivity contribution is 14.0. The van der Waals surface area contributed by atoms with E-state index in [0.29, 0.717) is 29.5 Å². The molecular weight excluding hydrogens is 479 g/mol. The first-order chi connectivity index (χ1) is 13.7. The maximum atomic E-state index is 6.05. The topological polar surface area (TPSA) is 58.1 Å². The summed E-state index contributed by atoms with van der Waals surface area (Å²) in [6, 6.07) is 9.19. The molecule has 29 heavy (non-hydrogen) atoms. The van der Waals surface area contributed by atoms with E-state index in [0.717, 1.165) is 37.8 Å². The number of methoxy groups -OCH3 is 1. The summed E-state index contributed by atoms with van der Waals surface area (Å²) in [5.74, 6) is 2.56. The van der Waals surface area contributed by atoms with Crippen molar-refractivity contribution < 1.29 is 9.47 Å². The smallest absolute Gasteiger partial charge is 0.191 e. The fourth-order valence-corrected chi connectivity index (χ4v) is 5.96. The summed E-state index contributed by atoms with van der Waals surface area (Å²) in [5, 5.41) is 7.47. The Kier molecular flexibility index (Phi) is 6.16. The number of nitrogens with zero attached hydrogens (tertiary/aromatic N) is 2. The number of anilines is 1. The predicted molar refractivity (Wildman–Crippen MR) is 127 cm³/mol. The van der Waals surface area contributed by atoms with Crippen LogP contribution in [0.25, 0.3) is 0 Å². The van der Waals surface area contributed by atoms with Crippen LogP contribution in [0.5, 0.6) is 5.75 Å². The first-order valence-corrected chi connectivity index (χ1v) is 10.7. The van der Waals surface area contributed by atoms with Crippen LogP contribution >= 0.6 is 24.0 Å². The molecule has 0 radical (unpaired) electrons. The van der Waals surface area contributed by atoms with Gasteiger partial charge in [0, 0.05) is 50.2 Å². The average Bonchev–Trinajstić information content (AvgIpc) is 3.32. The molecule has 2 aliphatic heterocycles. The van der Waals surface area contributed by atoms with Gasteiger partial charge in [0.25, 0.3) is 0 Å². The van der Waals surface area contributed by atoms with E-state index >= 15 is 0 Å². The van der Waals surface area contributed by atoms with Crippen molar-refractivity contribution in [3.63, 3.8) is 0 Å². The number of hydrogen-bond donors (Lipinski definition) is 2. The summed E-state index contributed by atoms with van der Waals surface area (Å²) in [7, 11) is 3.63. The van der Waals surface area contributed by atoms with Gasteiger partial charge in [-0.3, -0.25) is 4.99 Å². The molecule has 1 spiro atoms. The molecule has 2 saturated heterocycles. The summed E-state index contributed by atoms with van der Waals surface area (Å²) in [6.07, 6.45) is 6.72. The van der Waals surface area contributed by atoms with Crippen molar-refractivity contribution in [1.82, 2.24) is 10.6 Å². The summed E-state index contributed by atoms with van der Waals surface area (Å²) in [5.41, 5.74) is 1.55. The van der Waals surface area contributed by atoms with E-state index in [1.165, 1.54) is 31.4 Å². The number of fused-ring (bicyclic) bond motifs is 2. The number of aliphatic imine (C=N–C) groups is 1. The SMILES string of the molecule is CN=C(NC1CCN(c2ccccc2OC)C1)NC1C2CCOC2C12CCC2.I. The fourth-order valence-electron chi connectivity index (χ4n) is 5.96. The van der Waals surface area contributed by atoms with Crippen LogP contribution in [0.2, 0.25) is 0 Å². The van der Waals surface area contributed by atoms with Crippen molar-refractivity contribution in [3.8, 4) is 5.75 Å². The first kappa shape index (κ1) is 21.0. The molecule has 4 atom stereocenters. The first-order valence-electron chi connectivity index (χ1n) is 10.7. The predicted octanol–water partition coefficient (Wildman–Crippen LogP) is 3.01. The van der Waals surface area contributed by atoms with E-state index in [1.807, 2.05) is 19.2 Å². The van der Waals surface area contributed by atoms with Crippen LogP contribution in [0, 0.1) is 11.3 Å². The van der Waals surface area contributed by atoms with Crippen molar-refractivity contribution in [2.24, 2.45) is 16.3 Å². The number of para-hydroxylation sites is 2. The number of halogens is 1. The van der Waals surface area contributed by atoms with Crippen molar-refractivity contribution in [2.75, 3.05) is 38.8 Å². The van der Waals surface area contributed by atoms with Gasteiger partial charge in [0.05, 0.1) is 18.9 Å². The summed E-state index contributed by atoms with van der Waals surface area (Å²) >= 11 is 0. The molecule has 0 aromatic heterocycles. The highest BCUT2D eigenvalue weighted by Gasteiger charge is 2.66. The van der Waals surface area contributed by atoms with Gasteiger partial charge in [-0.05, 0) is 37.8 Å². The van der Waals surface area contributed by atoms with Gasteiger partial charge in [0.1, 0.15) is 5.75 Å². The molecule has 0 amide bonds. The van der Waals surface area contributed by atoms with E-state index in [1.54, 1.807) is 7.11 Å². The van der Waals surface area contributed by atoms with Gasteiger partial charge in [-0.2, -0.15) is 0 Å². The molecule has 6 nitrogen and oxygen atoms in total. The average molecular weight is 512 g/mol. The lowest BCUT2D eigenvalue weighted by atomic mass is 9.46. The molecule has 1 aromatic carbocycles. The molecule has 4 fully saturated rings. The Morgan fingerprint density at radius 3 is 2.79 bits per heavy atom. The van der Waals surface area contributed by atoms with Crippen LogP contribution < -0.4 is 20.3 Å². The van der Waals surface area contributed by atoms with Crippen LogP contribution in [-0.4, -0.2) is 58.0 Å². The van der Waals surface area contributed by atoms with Crippen molar-refractivity contribution in [3.05, 3.63) is 24.3 Å². The zero-order chi connectivity index (χ0) is 19.1. The minimum absolute atomic E-state index is 0. The standard InChI is InChI=1S/C22H32N4O2.HI/c1-23-21(25-19-16-9-13-28-20(16)22(19)10-5-11-22)24-15-8-12-26(14-15)17-6-3-4-7-18(17)27-2;/h3-4,6-7,15-16,19-20H,5,8-14H2,1-2H3,(H2,23,24,25);1H. The maximum Gasteiger partial charge on any atom is 0.191 e. The van der Waals surface area contributed by atoms with Crippen LogP contribution in [0.15, 0.2) is 29.3 Å². The van der Waals surface area contributed by atoms with Gasteiger partial charge in [-0.25, -0.2) is 0 Å². The van der Waals surface area contributed by atoms with Gasteiger partial charge in [0.2, 0.25) is 0 Å². The lowest BCUT2D eigenvalue weighted by molar-refractivity contribution is -0.171. The zero-order valence-electron chi connectivity index (χ0n) is 17.4. The van der Waals surface area contributed by atoms with E-state index in [4.69, 9.17) is 9.47 Å². The van der Waals surface area contributed by atoms with Gasteiger partial charge in [-0.1, -0.05) is 18.6 Å². The number of rotatable bonds is 4. The highest BCUT2D eigenvalue weighted by atomic mass is 127. The summed E-state index contributed by atoms with van der Waals surface area (Å²) in [6.45, 7) is 2.92. The van der Waals surface area contributed by atoms with Crippen molar-refractivity contribution >= 4 is 35.6 Å². The fraction of sp³-hybridized carbons (Fsp3) is 0.682. The van der Waals surface area contributed by atoms with E-state index < -0.39 is 0 Å². The Labute approximate surface area is 190 Å². The Balaban J connectivity index is 0.00000205. The number of nitrogens with one attached hydrogen (secondary N) is 2. The molecular formula is C22H33IN4O2. The van der Waals surface area contributed by atoms with Crippen LogP contribution in [0.3, 0.4) is 0 Å². The third-order valence-electron chi connectivity index (χ3n) is 7.51. The molecule has 160 valence electrons. The number of hydrogen-bond acceptors (Lipinski definition) is 4. The molecule has 2 heterocycles. The molecule has 4 unspecified atom stereocenters. The van der Waals surface area contributed by atoms with Crippen molar-refractivity contribution in [1.29, 1.82) is 0 Å². The molecule has 5 rings (SSSR count). The largest absolute Gasteiger partial charge is 0.495 e. The summed E-state index contributed by atoms with van der Waals surface area (Å²) < 4.78 is 11.6. The Bertz CT molecular complexity index is 754. The zero-order valence-corrected chi connectivity index (χ0v) is 19.7. The van der Waals surface area contributed by atoms with E-state index in [-0.39, 0.29) is 24.0 Å². The number of ether oxygens (including phenoxy) is 2. The Morgan fingerprint density at radius 1 is 1.24 bits per heavy atom. The lowest BCUT2D eigenvalue weighted by Crippen LogP contribution is -2.72. The third kappa shape index (κ3) is 3.48. The second-order valence-corrected chi connectivity index (χ2v) is 8.77. The quantitative estimate of drug-likeness (QED) is 0.369. The minimum atomic E-state index is 0. The second kappa shape index (κ2) is 8.49. The highest BCUT2D eigenvalue weighted by Crippen LogP contribution is 2.62. The molecule has 7 heteroatoms. The molecule has 2 saturated carbocycles. The maximum absolute atomic E-state index is 6.05. The monoisotopic (exact) mass is 512 g/mol. The Morgan fingerprint density at radius 2 is 2.07 bits per heavy atom. The summed E-state index contributed by atoms with van der Waals surface area (Å²) in [4.78, 5) is 6.96. The molecule has 4 aliphatic rings. The minimum Gasteiger partial charge on any atom is -0.495 e. The number of benzene rings is 1. The van der Waals surface area contributed by atoms with Crippen LogP contribution in [-0.2, 0) is 4.74 Å². The van der Waals surface area contributed by atoms with Crippen LogP contribution in [0.4, 0.5) is 5.69 Å². The van der Waals surface area contributed by atoms with E-state index in [9.17, 15) is 0 Å². The third-order valence-corrected chi connectivity index (χ3v) is 7.51. The van der Waals surface area contributed by atoms with Crippen LogP contribution in [0.1, 0.15) is 32.1 Å². The van der Waals surface area contributed by atoms with Gasteiger partial charge in [0.15, 0.2) is 5.96 Å². The van der Waals surface area contributed by atoms with Gasteiger partial charge >= 0.3 is 0 Å². The van der Waals surface area contributed by atoms with E-state index in [2.05, 4.69) is 32.7 Å². The molecule has 2 aliphatic carbocycles. The van der Waals surface area contributed by atoms with Crippen molar-refractivity contribution in [2.45, 2.75) is 50.3 Å². The Hall–Kier alpha value is -1.22. The molecule has 0 bridgehead atoms. The van der Waals surface area contributed by atoms with Gasteiger partial charge < -0.3 is 25.0 Å².